The Hall–Kier alpha value is -1.85. The standard InChI is InChI=1S/C14H17NO4/c1-17-9-14(16)15-8-13(18-2)12-7-10-5-3-4-6-11(10)19-12/h3-7,13H,8-9H2,1-2H3,(H,15,16)/t13-/m0/s1. The van der Waals surface area contributed by atoms with Crippen molar-refractivity contribution >= 4 is 16.9 Å². The minimum Gasteiger partial charge on any atom is -0.458 e. The molecule has 0 bridgehead atoms. The van der Waals surface area contributed by atoms with Crippen LogP contribution in [0.15, 0.2) is 34.7 Å². The number of carbonyl (C=O) groups is 1. The summed E-state index contributed by atoms with van der Waals surface area (Å²) in [6.45, 7) is 0.384. The molecule has 0 saturated heterocycles. The van der Waals surface area contributed by atoms with E-state index in [4.69, 9.17) is 13.9 Å². The van der Waals surface area contributed by atoms with Crippen molar-refractivity contribution in [3.63, 3.8) is 0 Å². The predicted molar refractivity (Wildman–Crippen MR) is 70.8 cm³/mol. The Morgan fingerprint density at radius 3 is 2.84 bits per heavy atom. The lowest BCUT2D eigenvalue weighted by Crippen LogP contribution is -2.31. The van der Waals surface area contributed by atoms with Crippen molar-refractivity contribution < 1.29 is 18.7 Å². The van der Waals surface area contributed by atoms with Gasteiger partial charge in [0.1, 0.15) is 24.1 Å². The largest absolute Gasteiger partial charge is 0.458 e. The van der Waals surface area contributed by atoms with Crippen molar-refractivity contribution in [1.82, 2.24) is 5.32 Å². The van der Waals surface area contributed by atoms with Crippen LogP contribution in [0.3, 0.4) is 0 Å². The van der Waals surface area contributed by atoms with E-state index in [1.807, 2.05) is 30.3 Å². The van der Waals surface area contributed by atoms with Gasteiger partial charge >= 0.3 is 0 Å². The van der Waals surface area contributed by atoms with Crippen LogP contribution < -0.4 is 5.32 Å². The summed E-state index contributed by atoms with van der Waals surface area (Å²) in [6.07, 6.45) is -0.312. The van der Waals surface area contributed by atoms with Crippen molar-refractivity contribution in [2.75, 3.05) is 27.4 Å². The zero-order valence-corrected chi connectivity index (χ0v) is 11.0. The maximum absolute atomic E-state index is 11.3. The molecule has 2 rings (SSSR count). The first-order valence-electron chi connectivity index (χ1n) is 6.01. The number of hydrogen-bond acceptors (Lipinski definition) is 4. The average molecular weight is 263 g/mol. The molecule has 1 aromatic heterocycles. The van der Waals surface area contributed by atoms with Gasteiger partial charge in [-0.1, -0.05) is 18.2 Å². The van der Waals surface area contributed by atoms with E-state index in [0.29, 0.717) is 12.3 Å². The zero-order valence-electron chi connectivity index (χ0n) is 11.0. The maximum Gasteiger partial charge on any atom is 0.246 e. The number of amides is 1. The molecule has 0 spiro atoms. The number of methoxy groups -OCH3 is 2. The molecule has 1 atom stereocenters. The van der Waals surface area contributed by atoms with Gasteiger partial charge in [0.05, 0.1) is 6.54 Å². The van der Waals surface area contributed by atoms with E-state index < -0.39 is 0 Å². The van der Waals surface area contributed by atoms with E-state index >= 15 is 0 Å². The van der Waals surface area contributed by atoms with Crippen molar-refractivity contribution in [2.45, 2.75) is 6.10 Å². The zero-order chi connectivity index (χ0) is 13.7. The molecule has 0 aliphatic rings. The average Bonchev–Trinajstić information content (AvgIpc) is 2.83. The van der Waals surface area contributed by atoms with Crippen LogP contribution >= 0.6 is 0 Å². The maximum atomic E-state index is 11.3. The fourth-order valence-corrected chi connectivity index (χ4v) is 1.85. The molecule has 0 aliphatic carbocycles. The first kappa shape index (κ1) is 13.6. The summed E-state index contributed by atoms with van der Waals surface area (Å²) in [7, 11) is 3.06. The fourth-order valence-electron chi connectivity index (χ4n) is 1.85. The molecule has 0 aliphatic heterocycles. The van der Waals surface area contributed by atoms with Crippen LogP contribution in [0, 0.1) is 0 Å². The number of nitrogens with one attached hydrogen (secondary N) is 1. The third kappa shape index (κ3) is 3.33. The van der Waals surface area contributed by atoms with Crippen molar-refractivity contribution in [2.24, 2.45) is 0 Å². The van der Waals surface area contributed by atoms with E-state index in [-0.39, 0.29) is 18.6 Å². The number of para-hydroxylation sites is 1. The normalized spacial score (nSPS) is 12.5. The number of hydrogen-bond donors (Lipinski definition) is 1. The van der Waals surface area contributed by atoms with Gasteiger partial charge in [-0.2, -0.15) is 0 Å². The van der Waals surface area contributed by atoms with Gasteiger partial charge in [-0.15, -0.1) is 0 Å². The smallest absolute Gasteiger partial charge is 0.246 e. The number of benzene rings is 1. The molecule has 1 heterocycles. The van der Waals surface area contributed by atoms with Crippen molar-refractivity contribution in [3.05, 3.63) is 36.1 Å². The molecule has 0 fully saturated rings. The van der Waals surface area contributed by atoms with Gasteiger partial charge in [0.2, 0.25) is 5.91 Å². The van der Waals surface area contributed by atoms with Crippen LogP contribution in [0.4, 0.5) is 0 Å². The fraction of sp³-hybridized carbons (Fsp3) is 0.357. The minimum absolute atomic E-state index is 0.0383. The van der Waals surface area contributed by atoms with Gasteiger partial charge < -0.3 is 19.2 Å². The van der Waals surface area contributed by atoms with Gasteiger partial charge in [-0.3, -0.25) is 4.79 Å². The Morgan fingerprint density at radius 1 is 1.37 bits per heavy atom. The Morgan fingerprint density at radius 2 is 2.16 bits per heavy atom. The molecule has 5 heteroatoms. The Kier molecular flexibility index (Phi) is 4.54. The number of ether oxygens (including phenoxy) is 2. The second-order valence-corrected chi connectivity index (χ2v) is 4.15. The Bertz CT molecular complexity index is 516. The number of furan rings is 1. The molecular formula is C14H17NO4. The quantitative estimate of drug-likeness (QED) is 0.864. The molecule has 2 aromatic rings. The van der Waals surface area contributed by atoms with Crippen molar-refractivity contribution in [3.8, 4) is 0 Å². The number of fused-ring (bicyclic) bond motifs is 1. The molecule has 5 nitrogen and oxygen atoms in total. The van der Waals surface area contributed by atoms with E-state index in [0.717, 1.165) is 11.0 Å². The number of carbonyl (C=O) groups excluding carboxylic acids is 1. The summed E-state index contributed by atoms with van der Waals surface area (Å²) in [5.41, 5.74) is 0.808. The summed E-state index contributed by atoms with van der Waals surface area (Å²) in [5.74, 6) is 0.516. The van der Waals surface area contributed by atoms with Crippen LogP contribution in [-0.2, 0) is 14.3 Å². The molecule has 19 heavy (non-hydrogen) atoms. The Balaban J connectivity index is 2.06. The summed E-state index contributed by atoms with van der Waals surface area (Å²) < 4.78 is 15.8. The van der Waals surface area contributed by atoms with Gasteiger partial charge in [0, 0.05) is 19.6 Å². The first-order valence-corrected chi connectivity index (χ1v) is 6.01. The van der Waals surface area contributed by atoms with E-state index in [2.05, 4.69) is 5.32 Å². The van der Waals surface area contributed by atoms with Crippen LogP contribution in [0.1, 0.15) is 11.9 Å². The van der Waals surface area contributed by atoms with Gasteiger partial charge in [0.25, 0.3) is 0 Å². The van der Waals surface area contributed by atoms with Gasteiger partial charge in [0.15, 0.2) is 0 Å². The highest BCUT2D eigenvalue weighted by Gasteiger charge is 2.16. The van der Waals surface area contributed by atoms with Gasteiger partial charge in [-0.05, 0) is 12.1 Å². The Labute approximate surface area is 111 Å². The molecule has 1 N–H and O–H groups in total. The topological polar surface area (TPSA) is 60.7 Å². The van der Waals surface area contributed by atoms with E-state index in [9.17, 15) is 4.79 Å². The highest BCUT2D eigenvalue weighted by atomic mass is 16.5. The molecule has 102 valence electrons. The highest BCUT2D eigenvalue weighted by Crippen LogP contribution is 2.25. The number of rotatable bonds is 6. The second kappa shape index (κ2) is 6.36. The van der Waals surface area contributed by atoms with E-state index in [1.165, 1.54) is 7.11 Å². The monoisotopic (exact) mass is 263 g/mol. The van der Waals surface area contributed by atoms with E-state index in [1.54, 1.807) is 7.11 Å². The molecule has 0 radical (unpaired) electrons. The predicted octanol–water partition coefficient (Wildman–Crippen LogP) is 1.88. The molecule has 1 aromatic carbocycles. The summed E-state index contributed by atoms with van der Waals surface area (Å²) in [6, 6.07) is 9.65. The summed E-state index contributed by atoms with van der Waals surface area (Å²) >= 11 is 0. The van der Waals surface area contributed by atoms with Crippen LogP contribution in [0.5, 0.6) is 0 Å². The summed E-state index contributed by atoms with van der Waals surface area (Å²) in [4.78, 5) is 11.3. The third-order valence-electron chi connectivity index (χ3n) is 2.81. The minimum atomic E-state index is -0.312. The van der Waals surface area contributed by atoms with Crippen LogP contribution in [-0.4, -0.2) is 33.3 Å². The first-order chi connectivity index (χ1) is 9.24. The molecule has 0 unspecified atom stereocenters. The van der Waals surface area contributed by atoms with Crippen LogP contribution in [0.25, 0.3) is 11.0 Å². The molecule has 1 amide bonds. The van der Waals surface area contributed by atoms with Gasteiger partial charge in [-0.25, -0.2) is 0 Å². The molecule has 0 saturated carbocycles. The lowest BCUT2D eigenvalue weighted by molar-refractivity contribution is -0.125. The lowest BCUT2D eigenvalue weighted by Gasteiger charge is -2.13. The third-order valence-corrected chi connectivity index (χ3v) is 2.81. The lowest BCUT2D eigenvalue weighted by atomic mass is 10.2. The highest BCUT2D eigenvalue weighted by molar-refractivity contribution is 5.78. The second-order valence-electron chi connectivity index (χ2n) is 4.15. The molecular weight excluding hydrogens is 246 g/mol. The summed E-state index contributed by atoms with van der Waals surface area (Å²) in [5, 5.41) is 3.74. The van der Waals surface area contributed by atoms with Crippen molar-refractivity contribution in [1.29, 1.82) is 0 Å². The SMILES string of the molecule is COCC(=O)NC[C@H](OC)c1cc2ccccc2o1. The van der Waals surface area contributed by atoms with Crippen LogP contribution in [0.2, 0.25) is 0 Å².